The zero-order valence-corrected chi connectivity index (χ0v) is 9.66. The molecule has 0 aliphatic heterocycles. The van der Waals surface area contributed by atoms with E-state index in [0.29, 0.717) is 0 Å². The summed E-state index contributed by atoms with van der Waals surface area (Å²) in [7, 11) is 0. The Hall–Kier alpha value is -3.30. The number of hydrogen-bond donors (Lipinski definition) is 1. The van der Waals surface area contributed by atoms with E-state index in [1.165, 1.54) is 0 Å². The van der Waals surface area contributed by atoms with Crippen LogP contribution < -0.4 is 0 Å². The summed E-state index contributed by atoms with van der Waals surface area (Å²) >= 11 is 0. The molecule has 0 radical (unpaired) electrons. The normalized spacial score (nSPS) is 10.2. The van der Waals surface area contributed by atoms with Gasteiger partial charge in [-0.1, -0.05) is 0 Å². The Morgan fingerprint density at radius 1 is 1.20 bits per heavy atom. The molecule has 1 N–H and O–H groups in total. The zero-order valence-electron chi connectivity index (χ0n) is 9.66. The largest absolute Gasteiger partial charge is 0.478 e. The maximum Gasteiger partial charge on any atom is 0.337 e. The van der Waals surface area contributed by atoms with Gasteiger partial charge in [-0.3, -0.25) is 20.2 Å². The van der Waals surface area contributed by atoms with E-state index in [9.17, 15) is 25.0 Å². The summed E-state index contributed by atoms with van der Waals surface area (Å²) in [5, 5.41) is 33.9. The van der Waals surface area contributed by atoms with E-state index in [1.54, 1.807) is 0 Å². The number of benzene rings is 1. The van der Waals surface area contributed by atoms with Crippen molar-refractivity contribution in [2.75, 3.05) is 0 Å². The van der Waals surface area contributed by atoms with Crippen LogP contribution >= 0.6 is 0 Å². The molecule has 0 spiro atoms. The van der Waals surface area contributed by atoms with Crippen LogP contribution in [-0.2, 0) is 0 Å². The number of non-ortho nitro benzene ring substituents is 1. The predicted molar refractivity (Wildman–Crippen MR) is 63.8 cm³/mol. The summed E-state index contributed by atoms with van der Waals surface area (Å²) in [4.78, 5) is 30.9. The molecule has 0 aliphatic rings. The van der Waals surface area contributed by atoms with Gasteiger partial charge >= 0.3 is 11.7 Å². The highest BCUT2D eigenvalue weighted by atomic mass is 16.6. The van der Waals surface area contributed by atoms with Crippen LogP contribution in [0.15, 0.2) is 30.6 Å². The zero-order chi connectivity index (χ0) is 14.9. The molecule has 1 aromatic heterocycles. The van der Waals surface area contributed by atoms with Gasteiger partial charge in [0.2, 0.25) is 0 Å². The van der Waals surface area contributed by atoms with Crippen molar-refractivity contribution in [3.05, 3.63) is 56.4 Å². The summed E-state index contributed by atoms with van der Waals surface area (Å²) in [5.74, 6) is -1.33. The van der Waals surface area contributed by atoms with Gasteiger partial charge in [0, 0.05) is 12.1 Å². The highest BCUT2D eigenvalue weighted by Gasteiger charge is 2.19. The van der Waals surface area contributed by atoms with E-state index in [-0.39, 0.29) is 22.6 Å². The minimum Gasteiger partial charge on any atom is -0.478 e. The van der Waals surface area contributed by atoms with Crippen LogP contribution in [0.3, 0.4) is 0 Å². The maximum atomic E-state index is 11.1. The van der Waals surface area contributed by atoms with E-state index in [0.717, 1.165) is 35.3 Å². The average molecular weight is 278 g/mol. The van der Waals surface area contributed by atoms with E-state index in [1.807, 2.05) is 0 Å². The van der Waals surface area contributed by atoms with E-state index >= 15 is 0 Å². The third kappa shape index (κ3) is 2.29. The molecule has 1 aromatic carbocycles. The van der Waals surface area contributed by atoms with Gasteiger partial charge in [0.15, 0.2) is 0 Å². The minimum atomic E-state index is -1.33. The fourth-order valence-electron chi connectivity index (χ4n) is 1.54. The number of carbonyl (C=O) groups is 1. The Morgan fingerprint density at radius 3 is 2.35 bits per heavy atom. The third-order valence-corrected chi connectivity index (χ3v) is 2.45. The summed E-state index contributed by atoms with van der Waals surface area (Å²) in [6, 6.07) is 3.06. The van der Waals surface area contributed by atoms with Gasteiger partial charge in [-0.2, -0.15) is 5.10 Å². The molecule has 0 saturated carbocycles. The molecule has 0 fully saturated rings. The number of carboxylic acid groups (broad SMARTS) is 1. The highest BCUT2D eigenvalue weighted by molar-refractivity contribution is 5.92. The van der Waals surface area contributed by atoms with Crippen LogP contribution in [0.5, 0.6) is 0 Å². The van der Waals surface area contributed by atoms with Crippen molar-refractivity contribution < 1.29 is 19.7 Å². The predicted octanol–water partition coefficient (Wildman–Crippen LogP) is 1.39. The van der Waals surface area contributed by atoms with Crippen LogP contribution in [-0.4, -0.2) is 30.7 Å². The molecule has 2 aromatic rings. The molecule has 10 nitrogen and oxygen atoms in total. The van der Waals surface area contributed by atoms with E-state index in [4.69, 9.17) is 5.11 Å². The molecular weight excluding hydrogens is 272 g/mol. The van der Waals surface area contributed by atoms with Crippen molar-refractivity contribution in [1.29, 1.82) is 0 Å². The Bertz CT molecular complexity index is 722. The van der Waals surface area contributed by atoms with Gasteiger partial charge in [0.1, 0.15) is 12.4 Å². The first-order valence-electron chi connectivity index (χ1n) is 5.11. The smallest absolute Gasteiger partial charge is 0.337 e. The summed E-state index contributed by atoms with van der Waals surface area (Å²) in [6.45, 7) is 0. The average Bonchev–Trinajstić information content (AvgIpc) is 2.87. The molecule has 0 saturated heterocycles. The second-order valence-corrected chi connectivity index (χ2v) is 3.66. The fourth-order valence-corrected chi connectivity index (χ4v) is 1.54. The van der Waals surface area contributed by atoms with Crippen LogP contribution in [0.2, 0.25) is 0 Å². The summed E-state index contributed by atoms with van der Waals surface area (Å²) < 4.78 is 0.911. The molecule has 2 rings (SSSR count). The second-order valence-electron chi connectivity index (χ2n) is 3.66. The Labute approximate surface area is 110 Å². The number of nitro benzene ring substituents is 1. The highest BCUT2D eigenvalue weighted by Crippen LogP contribution is 2.22. The van der Waals surface area contributed by atoms with Gasteiger partial charge in [0.25, 0.3) is 5.69 Å². The van der Waals surface area contributed by atoms with E-state index < -0.39 is 15.8 Å². The van der Waals surface area contributed by atoms with Crippen molar-refractivity contribution in [3.8, 4) is 5.69 Å². The number of carboxylic acids is 1. The molecule has 1 heterocycles. The number of rotatable bonds is 4. The van der Waals surface area contributed by atoms with Crippen molar-refractivity contribution in [1.82, 2.24) is 9.78 Å². The summed E-state index contributed by atoms with van der Waals surface area (Å²) in [6.07, 6.45) is 1.90. The first kappa shape index (κ1) is 13.1. The number of nitrogens with zero attached hydrogens (tertiary/aromatic N) is 4. The number of aromatic nitrogens is 2. The van der Waals surface area contributed by atoms with Crippen LogP contribution in [0.4, 0.5) is 11.4 Å². The second kappa shape index (κ2) is 4.76. The first-order valence-corrected chi connectivity index (χ1v) is 5.11. The number of nitro groups is 2. The summed E-state index contributed by atoms with van der Waals surface area (Å²) in [5.41, 5.74) is -1.08. The lowest BCUT2D eigenvalue weighted by molar-refractivity contribution is -0.385. The van der Waals surface area contributed by atoms with Crippen molar-refractivity contribution in [2.24, 2.45) is 0 Å². The van der Waals surface area contributed by atoms with Crippen LogP contribution in [0, 0.1) is 20.2 Å². The Morgan fingerprint density at radius 2 is 1.85 bits per heavy atom. The van der Waals surface area contributed by atoms with Gasteiger partial charge in [-0.15, -0.1) is 0 Å². The lowest BCUT2D eigenvalue weighted by Crippen LogP contribution is -2.06. The molecule has 0 amide bonds. The van der Waals surface area contributed by atoms with Crippen molar-refractivity contribution in [3.63, 3.8) is 0 Å². The minimum absolute atomic E-state index is 0.125. The van der Waals surface area contributed by atoms with Gasteiger partial charge < -0.3 is 5.11 Å². The van der Waals surface area contributed by atoms with Crippen LogP contribution in [0.1, 0.15) is 10.4 Å². The maximum absolute atomic E-state index is 11.1. The lowest BCUT2D eigenvalue weighted by atomic mass is 10.1. The van der Waals surface area contributed by atoms with Gasteiger partial charge in [-0.05, 0) is 6.07 Å². The molecule has 10 heteroatoms. The number of aromatic carboxylic acids is 1. The van der Waals surface area contributed by atoms with Gasteiger partial charge in [-0.25, -0.2) is 9.48 Å². The number of hydrogen-bond acceptors (Lipinski definition) is 6. The Kier molecular flexibility index (Phi) is 3.13. The Balaban J connectivity index is 2.62. The van der Waals surface area contributed by atoms with Crippen molar-refractivity contribution in [2.45, 2.75) is 0 Å². The molecule has 0 atom stereocenters. The lowest BCUT2D eigenvalue weighted by Gasteiger charge is -2.05. The molecule has 102 valence electrons. The van der Waals surface area contributed by atoms with Crippen molar-refractivity contribution >= 4 is 17.3 Å². The molecule has 0 aliphatic carbocycles. The van der Waals surface area contributed by atoms with Crippen LogP contribution in [0.25, 0.3) is 5.69 Å². The quantitative estimate of drug-likeness (QED) is 0.657. The molecule has 20 heavy (non-hydrogen) atoms. The molecule has 0 unspecified atom stereocenters. The standard InChI is InChI=1S/C10H6N4O6/c15-10(16)8-2-1-6(13(17)18)3-9(8)12-5-7(4-11-12)14(19)20/h1-5H,(H,15,16). The van der Waals surface area contributed by atoms with Gasteiger partial charge in [0.05, 0.1) is 21.1 Å². The monoisotopic (exact) mass is 278 g/mol. The first-order chi connectivity index (χ1) is 9.40. The van der Waals surface area contributed by atoms with E-state index in [2.05, 4.69) is 5.10 Å². The molecular formula is C10H6N4O6. The molecule has 0 bridgehead atoms. The fraction of sp³-hybridized carbons (Fsp3) is 0. The SMILES string of the molecule is O=C(O)c1ccc([N+](=O)[O-])cc1-n1cc([N+](=O)[O-])cn1. The third-order valence-electron chi connectivity index (χ3n) is 2.45. The topological polar surface area (TPSA) is 141 Å².